The summed E-state index contributed by atoms with van der Waals surface area (Å²) in [5, 5.41) is 5.34. The molecule has 2 fully saturated rings. The molecule has 33 heavy (non-hydrogen) atoms. The van der Waals surface area contributed by atoms with Crippen molar-refractivity contribution in [3.05, 3.63) is 72.4 Å². The van der Waals surface area contributed by atoms with Crippen LogP contribution in [-0.4, -0.2) is 71.9 Å². The summed E-state index contributed by atoms with van der Waals surface area (Å²) in [6.07, 6.45) is 2.00. The Hall–Kier alpha value is -3.45. The fraction of sp³-hybridized carbons (Fsp3) is 0.346. The van der Waals surface area contributed by atoms with E-state index in [0.717, 1.165) is 25.5 Å². The van der Waals surface area contributed by atoms with Crippen LogP contribution >= 0.6 is 0 Å². The summed E-state index contributed by atoms with van der Waals surface area (Å²) in [6, 6.07) is 20.0. The summed E-state index contributed by atoms with van der Waals surface area (Å²) < 4.78 is 0. The molecule has 2 aliphatic heterocycles. The van der Waals surface area contributed by atoms with Gasteiger partial charge in [0.2, 0.25) is 11.8 Å². The number of pyridine rings is 1. The Labute approximate surface area is 194 Å². The number of hydrogen-bond acceptors (Lipinski definition) is 5. The molecule has 0 aliphatic carbocycles. The van der Waals surface area contributed by atoms with Crippen LogP contribution in [0.3, 0.4) is 0 Å². The Balaban J connectivity index is 1.25. The van der Waals surface area contributed by atoms with E-state index in [1.54, 1.807) is 6.20 Å². The first-order valence-electron chi connectivity index (χ1n) is 11.6. The largest absolute Gasteiger partial charge is 0.353 e. The van der Waals surface area contributed by atoms with E-state index in [1.807, 2.05) is 35.2 Å². The number of fused-ring (bicyclic) bond motifs is 1. The van der Waals surface area contributed by atoms with E-state index < -0.39 is 6.04 Å². The molecule has 0 saturated carbocycles. The third-order valence-corrected chi connectivity index (χ3v) is 6.67. The summed E-state index contributed by atoms with van der Waals surface area (Å²) in [7, 11) is 0. The number of benzene rings is 2. The molecule has 0 bridgehead atoms. The fourth-order valence-corrected chi connectivity index (χ4v) is 4.84. The highest BCUT2D eigenvalue weighted by atomic mass is 16.2. The average molecular weight is 444 g/mol. The molecule has 0 radical (unpaired) electrons. The zero-order valence-corrected chi connectivity index (χ0v) is 18.7. The summed E-state index contributed by atoms with van der Waals surface area (Å²) in [6.45, 7) is 4.79. The molecule has 2 amide bonds. The third kappa shape index (κ3) is 4.68. The van der Waals surface area contributed by atoms with E-state index in [2.05, 4.69) is 50.4 Å². The maximum absolute atomic E-state index is 13.2. The molecular formula is C26H29N5O2. The van der Waals surface area contributed by atoms with E-state index in [1.165, 1.54) is 16.3 Å². The lowest BCUT2D eigenvalue weighted by atomic mass is 10.0. The number of nitrogens with one attached hydrogen (secondary N) is 1. The second-order valence-corrected chi connectivity index (χ2v) is 8.68. The lowest BCUT2D eigenvalue weighted by molar-refractivity contribution is -0.139. The van der Waals surface area contributed by atoms with Gasteiger partial charge in [0.05, 0.1) is 12.5 Å². The van der Waals surface area contributed by atoms with Crippen LogP contribution in [0, 0.1) is 0 Å². The van der Waals surface area contributed by atoms with Gasteiger partial charge in [-0.25, -0.2) is 4.98 Å². The summed E-state index contributed by atoms with van der Waals surface area (Å²) in [5.74, 6) is 0.931. The number of rotatable bonds is 5. The van der Waals surface area contributed by atoms with E-state index >= 15 is 0 Å². The number of piperazine rings is 2. The molecule has 1 N–H and O–H groups in total. The van der Waals surface area contributed by atoms with Crippen molar-refractivity contribution in [2.24, 2.45) is 0 Å². The standard InChI is InChI=1S/C26H29N5O2/c32-25(30-16-14-29(15-17-30)24-10-3-4-11-27-24)18-23-26(33)28-12-13-31(23)19-21-8-5-7-20-6-1-2-9-22(20)21/h1-11,23H,12-19H2,(H,28,33). The van der Waals surface area contributed by atoms with Crippen LogP contribution in [0.1, 0.15) is 12.0 Å². The molecular weight excluding hydrogens is 414 g/mol. The smallest absolute Gasteiger partial charge is 0.237 e. The van der Waals surface area contributed by atoms with Gasteiger partial charge in [0, 0.05) is 52.0 Å². The molecule has 2 aromatic carbocycles. The molecule has 3 heterocycles. The highest BCUT2D eigenvalue weighted by Crippen LogP contribution is 2.23. The molecule has 7 heteroatoms. The summed E-state index contributed by atoms with van der Waals surface area (Å²) >= 11 is 0. The normalized spacial score (nSPS) is 19.5. The first kappa shape index (κ1) is 21.4. The topological polar surface area (TPSA) is 68.8 Å². The molecule has 1 atom stereocenters. The lowest BCUT2D eigenvalue weighted by Gasteiger charge is -2.38. The molecule has 1 aromatic heterocycles. The van der Waals surface area contributed by atoms with Crippen molar-refractivity contribution in [3.8, 4) is 0 Å². The van der Waals surface area contributed by atoms with Gasteiger partial charge in [0.25, 0.3) is 0 Å². The van der Waals surface area contributed by atoms with Crippen molar-refractivity contribution < 1.29 is 9.59 Å². The molecule has 2 saturated heterocycles. The summed E-state index contributed by atoms with van der Waals surface area (Å²) in [5.41, 5.74) is 1.18. The van der Waals surface area contributed by atoms with Gasteiger partial charge in [0.1, 0.15) is 5.82 Å². The quantitative estimate of drug-likeness (QED) is 0.655. The minimum atomic E-state index is -0.445. The van der Waals surface area contributed by atoms with Crippen LogP contribution < -0.4 is 10.2 Å². The predicted octanol–water partition coefficient (Wildman–Crippen LogP) is 2.27. The number of anilines is 1. The fourth-order valence-electron chi connectivity index (χ4n) is 4.84. The van der Waals surface area contributed by atoms with Crippen molar-refractivity contribution in [2.45, 2.75) is 19.0 Å². The number of carbonyl (C=O) groups is 2. The highest BCUT2D eigenvalue weighted by Gasteiger charge is 2.34. The Morgan fingerprint density at radius 2 is 1.73 bits per heavy atom. The number of aromatic nitrogens is 1. The van der Waals surface area contributed by atoms with E-state index in [4.69, 9.17) is 0 Å². The molecule has 1 unspecified atom stereocenters. The molecule has 0 spiro atoms. The second-order valence-electron chi connectivity index (χ2n) is 8.68. The van der Waals surface area contributed by atoms with Gasteiger partial charge < -0.3 is 15.1 Å². The molecule has 3 aromatic rings. The average Bonchev–Trinajstić information content (AvgIpc) is 2.87. The number of carbonyl (C=O) groups excluding carboxylic acids is 2. The van der Waals surface area contributed by atoms with Crippen molar-refractivity contribution in [1.29, 1.82) is 0 Å². The monoisotopic (exact) mass is 443 g/mol. The van der Waals surface area contributed by atoms with Crippen LogP contribution in [0.25, 0.3) is 10.8 Å². The summed E-state index contributed by atoms with van der Waals surface area (Å²) in [4.78, 5) is 36.6. The van der Waals surface area contributed by atoms with E-state index in [9.17, 15) is 9.59 Å². The van der Waals surface area contributed by atoms with Gasteiger partial charge in [-0.2, -0.15) is 0 Å². The zero-order chi connectivity index (χ0) is 22.6. The van der Waals surface area contributed by atoms with E-state index in [0.29, 0.717) is 26.2 Å². The van der Waals surface area contributed by atoms with Crippen molar-refractivity contribution >= 4 is 28.4 Å². The van der Waals surface area contributed by atoms with Gasteiger partial charge in [-0.15, -0.1) is 0 Å². The van der Waals surface area contributed by atoms with E-state index in [-0.39, 0.29) is 18.2 Å². The van der Waals surface area contributed by atoms with Crippen LogP contribution in [0.15, 0.2) is 66.9 Å². The lowest BCUT2D eigenvalue weighted by Crippen LogP contribution is -2.57. The van der Waals surface area contributed by atoms with Gasteiger partial charge in [0.15, 0.2) is 0 Å². The van der Waals surface area contributed by atoms with Crippen molar-refractivity contribution in [3.63, 3.8) is 0 Å². The van der Waals surface area contributed by atoms with Gasteiger partial charge in [-0.3, -0.25) is 14.5 Å². The number of amides is 2. The Morgan fingerprint density at radius 3 is 2.55 bits per heavy atom. The molecule has 5 rings (SSSR count). The van der Waals surface area contributed by atoms with Gasteiger partial charge in [-0.05, 0) is 28.5 Å². The van der Waals surface area contributed by atoms with Gasteiger partial charge >= 0.3 is 0 Å². The number of hydrogen-bond donors (Lipinski definition) is 1. The van der Waals surface area contributed by atoms with Crippen molar-refractivity contribution in [1.82, 2.24) is 20.1 Å². The molecule has 7 nitrogen and oxygen atoms in total. The van der Waals surface area contributed by atoms with Gasteiger partial charge in [-0.1, -0.05) is 48.5 Å². The Morgan fingerprint density at radius 1 is 0.939 bits per heavy atom. The predicted molar refractivity (Wildman–Crippen MR) is 129 cm³/mol. The third-order valence-electron chi connectivity index (χ3n) is 6.67. The van der Waals surface area contributed by atoms with Crippen LogP contribution in [-0.2, 0) is 16.1 Å². The second kappa shape index (κ2) is 9.58. The molecule has 170 valence electrons. The van der Waals surface area contributed by atoms with Crippen molar-refractivity contribution in [2.75, 3.05) is 44.2 Å². The first-order valence-corrected chi connectivity index (χ1v) is 11.6. The zero-order valence-electron chi connectivity index (χ0n) is 18.7. The minimum Gasteiger partial charge on any atom is -0.353 e. The first-order chi connectivity index (χ1) is 16.2. The van der Waals surface area contributed by atoms with Crippen LogP contribution in [0.4, 0.5) is 5.82 Å². The van der Waals surface area contributed by atoms with Crippen LogP contribution in [0.5, 0.6) is 0 Å². The Bertz CT molecular complexity index is 1120. The van der Waals surface area contributed by atoms with Crippen LogP contribution in [0.2, 0.25) is 0 Å². The molecule has 2 aliphatic rings. The minimum absolute atomic E-state index is 0.0423. The SMILES string of the molecule is O=C1NCCN(Cc2cccc3ccccc23)C1CC(=O)N1CCN(c2ccccn2)CC1. The number of nitrogens with zero attached hydrogens (tertiary/aromatic N) is 4. The maximum atomic E-state index is 13.2. The highest BCUT2D eigenvalue weighted by molar-refractivity contribution is 5.89. The Kier molecular flexibility index (Phi) is 6.21. The maximum Gasteiger partial charge on any atom is 0.237 e.